The van der Waals surface area contributed by atoms with E-state index in [1.54, 1.807) is 11.8 Å². The van der Waals surface area contributed by atoms with Gasteiger partial charge in [-0.2, -0.15) is 5.10 Å². The van der Waals surface area contributed by atoms with Crippen LogP contribution in [-0.4, -0.2) is 28.8 Å². The van der Waals surface area contributed by atoms with Crippen molar-refractivity contribution in [3.63, 3.8) is 0 Å². The lowest BCUT2D eigenvalue weighted by Gasteiger charge is -2.17. The van der Waals surface area contributed by atoms with Crippen LogP contribution in [0.2, 0.25) is 0 Å². The molecule has 48 valence electrons. The molecule has 0 aliphatic carbocycles. The van der Waals surface area contributed by atoms with E-state index < -0.39 is 0 Å². The normalized spacial score (nSPS) is 24.0. The zero-order chi connectivity index (χ0) is 6.10. The SMILES string of the molecule is C1=NN2CCCN=C2S1. The zero-order valence-electron chi connectivity index (χ0n) is 4.95. The number of amidine groups is 1. The summed E-state index contributed by atoms with van der Waals surface area (Å²) in [5, 5.41) is 7.12. The summed E-state index contributed by atoms with van der Waals surface area (Å²) in [4.78, 5) is 4.27. The number of aliphatic imine (C=N–C) groups is 1. The molecule has 0 radical (unpaired) electrons. The van der Waals surface area contributed by atoms with Crippen molar-refractivity contribution in [3.8, 4) is 0 Å². The molecule has 0 unspecified atom stereocenters. The van der Waals surface area contributed by atoms with Crippen LogP contribution in [0.3, 0.4) is 0 Å². The highest BCUT2D eigenvalue weighted by Gasteiger charge is 2.17. The van der Waals surface area contributed by atoms with Crippen molar-refractivity contribution >= 4 is 22.5 Å². The summed E-state index contributed by atoms with van der Waals surface area (Å²) in [5.74, 6) is 0. The van der Waals surface area contributed by atoms with Gasteiger partial charge >= 0.3 is 0 Å². The molecule has 2 heterocycles. The smallest absolute Gasteiger partial charge is 0.185 e. The molecule has 0 saturated heterocycles. The maximum Gasteiger partial charge on any atom is 0.185 e. The first kappa shape index (κ1) is 5.29. The van der Waals surface area contributed by atoms with E-state index in [1.165, 1.54) is 0 Å². The number of hydrogen-bond donors (Lipinski definition) is 0. The van der Waals surface area contributed by atoms with Crippen molar-refractivity contribution in [2.75, 3.05) is 13.1 Å². The van der Waals surface area contributed by atoms with E-state index in [4.69, 9.17) is 0 Å². The largest absolute Gasteiger partial charge is 0.261 e. The van der Waals surface area contributed by atoms with E-state index >= 15 is 0 Å². The number of hydrogen-bond acceptors (Lipinski definition) is 4. The summed E-state index contributed by atoms with van der Waals surface area (Å²) < 4.78 is 0. The Hall–Kier alpha value is -0.510. The second-order valence-electron chi connectivity index (χ2n) is 1.98. The first-order valence-electron chi connectivity index (χ1n) is 2.98. The Bertz CT molecular complexity index is 175. The highest BCUT2D eigenvalue weighted by Crippen LogP contribution is 2.17. The fourth-order valence-corrected chi connectivity index (χ4v) is 1.59. The fraction of sp³-hybridized carbons (Fsp3) is 0.600. The molecule has 9 heavy (non-hydrogen) atoms. The summed E-state index contributed by atoms with van der Waals surface area (Å²) in [5.41, 5.74) is 1.84. The standard InChI is InChI=1S/C5H7N3S/c1-2-6-5-8(3-1)7-4-9-5/h4H,1-3H2. The number of nitrogens with zero attached hydrogens (tertiary/aromatic N) is 3. The molecular formula is C5H7N3S. The van der Waals surface area contributed by atoms with Gasteiger partial charge in [-0.15, -0.1) is 0 Å². The van der Waals surface area contributed by atoms with Gasteiger partial charge in [0.1, 0.15) is 0 Å². The van der Waals surface area contributed by atoms with Gasteiger partial charge in [0, 0.05) is 13.1 Å². The Morgan fingerprint density at radius 1 is 1.67 bits per heavy atom. The Labute approximate surface area is 57.8 Å². The number of fused-ring (bicyclic) bond motifs is 1. The summed E-state index contributed by atoms with van der Waals surface area (Å²) in [6, 6.07) is 0. The third-order valence-corrected chi connectivity index (χ3v) is 2.09. The minimum absolute atomic E-state index is 0.974. The molecule has 0 atom stereocenters. The first-order valence-corrected chi connectivity index (χ1v) is 3.86. The number of rotatable bonds is 0. The number of thioether (sulfide) groups is 1. The van der Waals surface area contributed by atoms with Crippen molar-refractivity contribution in [1.29, 1.82) is 0 Å². The predicted octanol–water partition coefficient (Wildman–Crippen LogP) is 0.738. The Morgan fingerprint density at radius 2 is 2.67 bits per heavy atom. The third-order valence-electron chi connectivity index (χ3n) is 1.34. The van der Waals surface area contributed by atoms with Gasteiger partial charge in [0.05, 0.1) is 5.55 Å². The van der Waals surface area contributed by atoms with Crippen LogP contribution in [0.15, 0.2) is 10.1 Å². The van der Waals surface area contributed by atoms with Crippen LogP contribution in [0.5, 0.6) is 0 Å². The molecule has 2 rings (SSSR count). The fourth-order valence-electron chi connectivity index (χ4n) is 0.905. The van der Waals surface area contributed by atoms with Crippen molar-refractivity contribution in [2.45, 2.75) is 6.42 Å². The quantitative estimate of drug-likeness (QED) is 0.497. The molecule has 2 aliphatic rings. The lowest BCUT2D eigenvalue weighted by molar-refractivity contribution is 0.431. The average Bonchev–Trinajstić information content (AvgIpc) is 2.33. The van der Waals surface area contributed by atoms with Gasteiger partial charge in [-0.1, -0.05) is 0 Å². The molecule has 0 aromatic carbocycles. The Balaban J connectivity index is 2.22. The maximum atomic E-state index is 4.27. The summed E-state index contributed by atoms with van der Waals surface area (Å²) in [6.45, 7) is 2.02. The third kappa shape index (κ3) is 0.830. The molecule has 0 spiro atoms. The molecule has 3 nitrogen and oxygen atoms in total. The maximum absolute atomic E-state index is 4.27. The van der Waals surface area contributed by atoms with Gasteiger partial charge in [-0.05, 0) is 18.2 Å². The van der Waals surface area contributed by atoms with Gasteiger partial charge < -0.3 is 0 Å². The Morgan fingerprint density at radius 3 is 3.56 bits per heavy atom. The van der Waals surface area contributed by atoms with Crippen molar-refractivity contribution < 1.29 is 0 Å². The Kier molecular flexibility index (Phi) is 1.19. The van der Waals surface area contributed by atoms with Crippen LogP contribution in [0.4, 0.5) is 0 Å². The monoisotopic (exact) mass is 141 g/mol. The molecule has 4 heteroatoms. The highest BCUT2D eigenvalue weighted by atomic mass is 32.2. The van der Waals surface area contributed by atoms with Gasteiger partial charge in [0.2, 0.25) is 0 Å². The molecule has 0 fully saturated rings. The molecular weight excluding hydrogens is 134 g/mol. The zero-order valence-corrected chi connectivity index (χ0v) is 5.77. The van der Waals surface area contributed by atoms with Crippen molar-refractivity contribution in [2.24, 2.45) is 10.1 Å². The molecule has 2 aliphatic heterocycles. The van der Waals surface area contributed by atoms with Gasteiger partial charge in [-0.3, -0.25) is 4.99 Å². The van der Waals surface area contributed by atoms with Gasteiger partial charge in [0.25, 0.3) is 0 Å². The molecule has 0 N–H and O–H groups in total. The minimum atomic E-state index is 0.974. The average molecular weight is 141 g/mol. The van der Waals surface area contributed by atoms with Gasteiger partial charge in [-0.25, -0.2) is 5.01 Å². The van der Waals surface area contributed by atoms with Crippen LogP contribution in [0, 0.1) is 0 Å². The van der Waals surface area contributed by atoms with E-state index in [-0.39, 0.29) is 0 Å². The second-order valence-corrected chi connectivity index (χ2v) is 2.79. The molecule has 0 aromatic rings. The van der Waals surface area contributed by atoms with Crippen LogP contribution >= 0.6 is 11.8 Å². The van der Waals surface area contributed by atoms with Crippen LogP contribution < -0.4 is 0 Å². The molecule has 0 saturated carbocycles. The summed E-state index contributed by atoms with van der Waals surface area (Å²) >= 11 is 1.61. The van der Waals surface area contributed by atoms with Crippen LogP contribution in [-0.2, 0) is 0 Å². The van der Waals surface area contributed by atoms with Gasteiger partial charge in [0.15, 0.2) is 5.17 Å². The van der Waals surface area contributed by atoms with Crippen molar-refractivity contribution in [3.05, 3.63) is 0 Å². The minimum Gasteiger partial charge on any atom is -0.261 e. The topological polar surface area (TPSA) is 28.0 Å². The highest BCUT2D eigenvalue weighted by molar-refractivity contribution is 8.25. The van der Waals surface area contributed by atoms with E-state index in [1.807, 2.05) is 10.6 Å². The first-order chi connectivity index (χ1) is 4.47. The number of hydrazone groups is 1. The summed E-state index contributed by atoms with van der Waals surface area (Å²) in [6.07, 6.45) is 1.14. The molecule has 0 aromatic heterocycles. The second kappa shape index (κ2) is 2.02. The van der Waals surface area contributed by atoms with E-state index in [9.17, 15) is 0 Å². The molecule has 0 amide bonds. The lowest BCUT2D eigenvalue weighted by Crippen LogP contribution is -2.25. The van der Waals surface area contributed by atoms with Crippen molar-refractivity contribution in [1.82, 2.24) is 5.01 Å². The molecule has 0 bridgehead atoms. The van der Waals surface area contributed by atoms with Crippen LogP contribution in [0.25, 0.3) is 0 Å². The van der Waals surface area contributed by atoms with Crippen LogP contribution in [0.1, 0.15) is 6.42 Å². The summed E-state index contributed by atoms with van der Waals surface area (Å²) in [7, 11) is 0. The predicted molar refractivity (Wildman–Crippen MR) is 39.7 cm³/mol. The van der Waals surface area contributed by atoms with E-state index in [0.717, 1.165) is 24.7 Å². The lowest BCUT2D eigenvalue weighted by atomic mass is 10.4. The van der Waals surface area contributed by atoms with E-state index in [0.29, 0.717) is 0 Å². The van der Waals surface area contributed by atoms with E-state index in [2.05, 4.69) is 10.1 Å².